The number of halogens is 4. The van der Waals surface area contributed by atoms with Crippen molar-refractivity contribution in [2.45, 2.75) is 70.6 Å². The molecule has 3 aliphatic rings. The molecule has 9 nitrogen and oxygen atoms in total. The van der Waals surface area contributed by atoms with Gasteiger partial charge in [0.25, 0.3) is 0 Å². The first-order chi connectivity index (χ1) is 25.0. The Bertz CT molecular complexity index is 1820. The van der Waals surface area contributed by atoms with Crippen LogP contribution in [0.5, 0.6) is 11.5 Å². The molecule has 0 radical (unpaired) electrons. The number of thiophene rings is 1. The molecule has 0 spiro atoms. The second-order valence-electron chi connectivity index (χ2n) is 13.1. The lowest BCUT2D eigenvalue weighted by Gasteiger charge is -2.44. The van der Waals surface area contributed by atoms with Crippen molar-refractivity contribution in [2.24, 2.45) is 5.92 Å². The molecule has 7 rings (SSSR count). The molecule has 0 saturated carbocycles. The maximum absolute atomic E-state index is 13.7. The zero-order valence-electron chi connectivity index (χ0n) is 28.7. The second-order valence-corrected chi connectivity index (χ2v) is 15.1. The van der Waals surface area contributed by atoms with Gasteiger partial charge in [-0.2, -0.15) is 8.78 Å². The molecule has 0 aliphatic carbocycles. The summed E-state index contributed by atoms with van der Waals surface area (Å²) in [6.07, 6.45) is 3.84. The predicted molar refractivity (Wildman–Crippen MR) is 193 cm³/mol. The van der Waals surface area contributed by atoms with Crippen molar-refractivity contribution >= 4 is 46.5 Å². The number of hydrogen-bond acceptors (Lipinski definition) is 9. The number of fused-ring (bicyclic) bond motifs is 3. The lowest BCUT2D eigenvalue weighted by atomic mass is 9.86. The van der Waals surface area contributed by atoms with Gasteiger partial charge in [0.15, 0.2) is 23.9 Å². The quantitative estimate of drug-likeness (QED) is 0.122. The first-order valence-corrected chi connectivity index (χ1v) is 18.7. The van der Waals surface area contributed by atoms with E-state index in [0.29, 0.717) is 38.5 Å². The Hall–Kier alpha value is -3.81. The summed E-state index contributed by atoms with van der Waals surface area (Å²) in [6, 6.07) is 16.6. The first-order valence-electron chi connectivity index (χ1n) is 17.1. The summed E-state index contributed by atoms with van der Waals surface area (Å²) in [5.41, 5.74) is 1.76. The smallest absolute Gasteiger partial charge is 0.387 e. The molecular formula is C38H40Cl2F2N3O6S+. The number of hydrogen-bond donors (Lipinski definition) is 1. The van der Waals surface area contributed by atoms with Crippen LogP contribution in [0.3, 0.4) is 0 Å². The van der Waals surface area contributed by atoms with Gasteiger partial charge in [-0.3, -0.25) is 10.2 Å². The minimum absolute atomic E-state index is 0.0666. The van der Waals surface area contributed by atoms with Crippen molar-refractivity contribution in [1.29, 1.82) is 0 Å². The van der Waals surface area contributed by atoms with Gasteiger partial charge in [0.05, 0.1) is 6.10 Å². The van der Waals surface area contributed by atoms with Crippen LogP contribution in [-0.4, -0.2) is 55.3 Å². The number of esters is 2. The number of pyridine rings is 1. The van der Waals surface area contributed by atoms with Gasteiger partial charge in [-0.15, -0.1) is 11.3 Å². The number of nitrogens with one attached hydrogen (secondary N) is 2. The van der Waals surface area contributed by atoms with Crippen molar-refractivity contribution in [3.05, 3.63) is 110 Å². The molecule has 2 aromatic heterocycles. The van der Waals surface area contributed by atoms with E-state index >= 15 is 0 Å². The SMILES string of the molecule is CC(C)Oc1cc([C@H](Cc2c(Cl)c[nH+]cc2Cl)OC(=O)c2ccc(CNC(C(=O)O[C@H]3CN4CCC3CC4)c3ccccc3)s2)ccc1OC(F)F. The fourth-order valence-electron chi connectivity index (χ4n) is 6.57. The molecule has 14 heteroatoms. The maximum atomic E-state index is 13.7. The van der Waals surface area contributed by atoms with Crippen molar-refractivity contribution < 1.29 is 42.3 Å². The molecule has 2 aromatic carbocycles. The Morgan fingerprint density at radius 1 is 0.962 bits per heavy atom. The van der Waals surface area contributed by atoms with Crippen LogP contribution >= 0.6 is 34.5 Å². The van der Waals surface area contributed by atoms with E-state index in [0.717, 1.165) is 42.9 Å². The molecule has 2 bridgehead atoms. The largest absolute Gasteiger partial charge is 0.487 e. The molecule has 4 aromatic rings. The number of carbonyl (C=O) groups excluding carboxylic acids is 2. The number of piperidine rings is 3. The molecule has 3 fully saturated rings. The minimum atomic E-state index is -3.06. The summed E-state index contributed by atoms with van der Waals surface area (Å²) < 4.78 is 49.0. The van der Waals surface area contributed by atoms with Gasteiger partial charge in [-0.1, -0.05) is 59.6 Å². The van der Waals surface area contributed by atoms with E-state index in [1.54, 1.807) is 38.4 Å². The summed E-state index contributed by atoms with van der Waals surface area (Å²) in [7, 11) is 0. The third-order valence-electron chi connectivity index (χ3n) is 9.13. The Labute approximate surface area is 315 Å². The Morgan fingerprint density at radius 2 is 1.69 bits per heavy atom. The number of carbonyl (C=O) groups is 2. The number of aromatic nitrogens is 1. The number of ether oxygens (including phenoxy) is 4. The highest BCUT2D eigenvalue weighted by Crippen LogP contribution is 2.37. The summed E-state index contributed by atoms with van der Waals surface area (Å²) in [5.74, 6) is -0.649. The standard InChI is InChI=1S/C38H39Cl2F2N3O6S/c1-22(2)48-32-16-25(8-10-30(32)51-38(41)42)31(17-27-28(39)19-43-20-29(27)40)49-36(46)34-11-9-26(52-34)18-44-35(24-6-4-3-5-7-24)37(47)50-33-21-45-14-12-23(33)13-15-45/h3-11,16,19-20,22-23,31,33,35,38,44H,12-15,17-18,21H2,1-2H3/p+1/t31-,33-,35?/m0/s1. The van der Waals surface area contributed by atoms with Crippen LogP contribution < -0.4 is 19.8 Å². The van der Waals surface area contributed by atoms with Crippen LogP contribution in [0.25, 0.3) is 0 Å². The van der Waals surface area contributed by atoms with E-state index < -0.39 is 24.7 Å². The summed E-state index contributed by atoms with van der Waals surface area (Å²) in [4.78, 5) is 33.6. The summed E-state index contributed by atoms with van der Waals surface area (Å²) in [5, 5.41) is 4.01. The average molecular weight is 776 g/mol. The normalized spacial score (nSPS) is 19.3. The zero-order valence-corrected chi connectivity index (χ0v) is 31.0. The van der Waals surface area contributed by atoms with Crippen LogP contribution in [0.4, 0.5) is 8.78 Å². The van der Waals surface area contributed by atoms with Gasteiger partial charge >= 0.3 is 18.6 Å². The van der Waals surface area contributed by atoms with Gasteiger partial charge in [0, 0.05) is 30.0 Å². The molecule has 52 heavy (non-hydrogen) atoms. The molecule has 1 unspecified atom stereocenters. The minimum Gasteiger partial charge on any atom is -0.487 e. The van der Waals surface area contributed by atoms with Crippen LogP contribution in [0.2, 0.25) is 10.0 Å². The maximum Gasteiger partial charge on any atom is 0.387 e. The molecule has 3 saturated heterocycles. The highest BCUT2D eigenvalue weighted by molar-refractivity contribution is 7.13. The van der Waals surface area contributed by atoms with E-state index in [9.17, 15) is 18.4 Å². The zero-order chi connectivity index (χ0) is 36.8. The molecule has 5 heterocycles. The summed E-state index contributed by atoms with van der Waals surface area (Å²) in [6.45, 7) is 3.59. The fourth-order valence-corrected chi connectivity index (χ4v) is 7.94. The number of benzene rings is 2. The van der Waals surface area contributed by atoms with E-state index in [-0.39, 0.29) is 36.1 Å². The van der Waals surface area contributed by atoms with Gasteiger partial charge in [0.2, 0.25) is 0 Å². The molecule has 2 N–H and O–H groups in total. The van der Waals surface area contributed by atoms with Crippen LogP contribution in [0.1, 0.15) is 70.1 Å². The van der Waals surface area contributed by atoms with Gasteiger partial charge in [0.1, 0.15) is 33.2 Å². The third-order valence-corrected chi connectivity index (χ3v) is 10.9. The van der Waals surface area contributed by atoms with Crippen molar-refractivity contribution in [1.82, 2.24) is 10.2 Å². The number of alkyl halides is 2. The predicted octanol–water partition coefficient (Wildman–Crippen LogP) is 7.87. The van der Waals surface area contributed by atoms with E-state index in [2.05, 4.69) is 19.9 Å². The molecule has 3 atom stereocenters. The van der Waals surface area contributed by atoms with Crippen molar-refractivity contribution in [2.75, 3.05) is 19.6 Å². The summed E-state index contributed by atoms with van der Waals surface area (Å²) >= 11 is 14.2. The van der Waals surface area contributed by atoms with Crippen LogP contribution in [0.15, 0.2) is 73.1 Å². The topological polar surface area (TPSA) is 100 Å². The monoisotopic (exact) mass is 774 g/mol. The number of nitrogens with zero attached hydrogens (tertiary/aromatic N) is 1. The van der Waals surface area contributed by atoms with Gasteiger partial charge < -0.3 is 18.9 Å². The Kier molecular flexibility index (Phi) is 12.7. The van der Waals surface area contributed by atoms with Crippen molar-refractivity contribution in [3.8, 4) is 11.5 Å². The van der Waals surface area contributed by atoms with Crippen LogP contribution in [-0.2, 0) is 27.2 Å². The molecule has 0 amide bonds. The number of H-pyrrole nitrogens is 1. The third kappa shape index (κ3) is 9.59. The Balaban J connectivity index is 1.19. The van der Waals surface area contributed by atoms with Crippen LogP contribution in [0, 0.1) is 5.92 Å². The average Bonchev–Trinajstić information content (AvgIpc) is 3.60. The van der Waals surface area contributed by atoms with Gasteiger partial charge in [-0.05, 0) is 81.1 Å². The molecular weight excluding hydrogens is 735 g/mol. The van der Waals surface area contributed by atoms with E-state index in [4.69, 9.17) is 37.4 Å². The highest BCUT2D eigenvalue weighted by Gasteiger charge is 2.38. The lowest BCUT2D eigenvalue weighted by molar-refractivity contribution is -0.377. The van der Waals surface area contributed by atoms with Crippen molar-refractivity contribution in [3.63, 3.8) is 0 Å². The lowest BCUT2D eigenvalue weighted by Crippen LogP contribution is -2.52. The molecule has 3 aliphatic heterocycles. The Morgan fingerprint density at radius 3 is 2.35 bits per heavy atom. The number of aromatic amines is 1. The second kappa shape index (κ2) is 17.3. The van der Waals surface area contributed by atoms with E-state index in [1.807, 2.05) is 30.3 Å². The highest BCUT2D eigenvalue weighted by atomic mass is 35.5. The first kappa shape index (κ1) is 37.9. The van der Waals surface area contributed by atoms with E-state index in [1.165, 1.54) is 29.5 Å². The number of rotatable bonds is 15. The fraction of sp³-hybridized carbons (Fsp3) is 0.395. The molecule has 276 valence electrons. The van der Waals surface area contributed by atoms with Gasteiger partial charge in [-0.25, -0.2) is 14.6 Å².